The van der Waals surface area contributed by atoms with Crippen molar-refractivity contribution in [3.05, 3.63) is 30.3 Å². The van der Waals surface area contributed by atoms with Gasteiger partial charge in [-0.05, 0) is 12.1 Å². The Morgan fingerprint density at radius 3 is 1.62 bits per heavy atom. The summed E-state index contributed by atoms with van der Waals surface area (Å²) in [7, 11) is 0. The summed E-state index contributed by atoms with van der Waals surface area (Å²) in [6.45, 7) is 9.31. The average Bonchev–Trinajstić information content (AvgIpc) is 2.18. The second-order valence-corrected chi connectivity index (χ2v) is 6.92. The molecule has 0 aliphatic rings. The molecule has 0 spiro atoms. The van der Waals surface area contributed by atoms with Gasteiger partial charge in [-0.25, -0.2) is 0 Å². The second-order valence-electron chi connectivity index (χ2n) is 5.05. The predicted molar refractivity (Wildman–Crippen MR) is 74.5 cm³/mol. The van der Waals surface area contributed by atoms with Gasteiger partial charge in [-0.2, -0.15) is 0 Å². The monoisotopic (exact) mass is 236 g/mol. The van der Waals surface area contributed by atoms with Crippen LogP contribution in [0.15, 0.2) is 30.3 Å². The Hall–Kier alpha value is -0.448. The molecule has 2 heteroatoms. The summed E-state index contributed by atoms with van der Waals surface area (Å²) >= 11 is 0.316. The molecule has 1 N–H and O–H groups in total. The van der Waals surface area contributed by atoms with Crippen molar-refractivity contribution in [1.82, 2.24) is 0 Å². The van der Waals surface area contributed by atoms with Crippen LogP contribution in [-0.4, -0.2) is 20.3 Å². The van der Waals surface area contributed by atoms with E-state index in [2.05, 4.69) is 27.7 Å². The topological polar surface area (TPSA) is 20.2 Å². The Balaban J connectivity index is 0.000000288. The van der Waals surface area contributed by atoms with Gasteiger partial charge in [0, 0.05) is 0 Å². The fourth-order valence-electron chi connectivity index (χ4n) is 1.36. The van der Waals surface area contributed by atoms with Crippen LogP contribution in [0.3, 0.4) is 0 Å². The molecule has 0 fully saturated rings. The summed E-state index contributed by atoms with van der Waals surface area (Å²) in [6, 6.07) is 8.71. The van der Waals surface area contributed by atoms with Gasteiger partial charge in [-0.1, -0.05) is 68.3 Å². The summed E-state index contributed by atoms with van der Waals surface area (Å²) in [5, 5.41) is 11.7. The average molecular weight is 236 g/mol. The van der Waals surface area contributed by atoms with Crippen molar-refractivity contribution in [2.24, 2.45) is 11.8 Å². The van der Waals surface area contributed by atoms with E-state index in [-0.39, 0.29) is 0 Å². The molecule has 0 aliphatic carbocycles. The van der Waals surface area contributed by atoms with Gasteiger partial charge in [0.05, 0.1) is 0 Å². The van der Waals surface area contributed by atoms with Crippen molar-refractivity contribution in [2.45, 2.75) is 38.3 Å². The number of phenols is 1. The number of phenolic OH excluding ortho intramolecular Hbond substituents is 1. The van der Waals surface area contributed by atoms with Crippen LogP contribution >= 0.6 is 0 Å². The number of hydrogen-bond acceptors (Lipinski definition) is 1. The molecule has 0 saturated carbocycles. The largest absolute Gasteiger partial charge is 0.508 e. The minimum Gasteiger partial charge on any atom is -0.508 e. The molecule has 0 aromatic heterocycles. The molecule has 0 atom stereocenters. The van der Waals surface area contributed by atoms with E-state index in [1.807, 2.05) is 6.07 Å². The van der Waals surface area contributed by atoms with Gasteiger partial charge in [-0.3, -0.25) is 0 Å². The SMILES string of the molecule is CC(C)[CH2][AlH][CH2]C(C)C.Oc1ccccc1. The van der Waals surface area contributed by atoms with Gasteiger partial charge in [-0.15, -0.1) is 0 Å². The highest BCUT2D eigenvalue weighted by Crippen LogP contribution is 2.05. The highest BCUT2D eigenvalue weighted by Gasteiger charge is 1.99. The molecule has 0 radical (unpaired) electrons. The summed E-state index contributed by atoms with van der Waals surface area (Å²) in [5.74, 6) is 2.23. The molecule has 0 saturated heterocycles. The van der Waals surface area contributed by atoms with E-state index in [1.54, 1.807) is 24.3 Å². The van der Waals surface area contributed by atoms with Gasteiger partial charge < -0.3 is 5.11 Å². The van der Waals surface area contributed by atoms with E-state index < -0.39 is 0 Å². The highest BCUT2D eigenvalue weighted by atomic mass is 27.1. The van der Waals surface area contributed by atoms with Crippen molar-refractivity contribution in [2.75, 3.05) is 0 Å². The molecule has 0 bridgehead atoms. The molecule has 16 heavy (non-hydrogen) atoms. The van der Waals surface area contributed by atoms with Gasteiger partial charge in [0.15, 0.2) is 0 Å². The van der Waals surface area contributed by atoms with Crippen LogP contribution in [0, 0.1) is 11.8 Å². The van der Waals surface area contributed by atoms with E-state index in [0.29, 0.717) is 21.0 Å². The zero-order valence-corrected chi connectivity index (χ0v) is 12.5. The molecule has 1 aromatic rings. The lowest BCUT2D eigenvalue weighted by Gasteiger charge is -2.03. The molecule has 0 unspecified atom stereocenters. The third-order valence-electron chi connectivity index (χ3n) is 2.32. The first-order valence-electron chi connectivity index (χ1n) is 6.26. The van der Waals surface area contributed by atoms with E-state index in [4.69, 9.17) is 5.11 Å². The van der Waals surface area contributed by atoms with Gasteiger partial charge in [0.1, 0.15) is 5.75 Å². The summed E-state index contributed by atoms with van der Waals surface area (Å²) in [6.07, 6.45) is 0. The zero-order chi connectivity index (χ0) is 12.4. The fourth-order valence-corrected chi connectivity index (χ4v) is 3.23. The minimum absolute atomic E-state index is 0.316. The number of rotatable bonds is 4. The molecule has 0 aliphatic heterocycles. The van der Waals surface area contributed by atoms with E-state index in [9.17, 15) is 0 Å². The molecule has 0 amide bonds. The number of benzene rings is 1. The van der Waals surface area contributed by atoms with Gasteiger partial charge in [0.2, 0.25) is 15.2 Å². The molecule has 1 nitrogen and oxygen atoms in total. The van der Waals surface area contributed by atoms with Crippen LogP contribution in [-0.2, 0) is 0 Å². The number of para-hydroxylation sites is 1. The molecular formula is C14H25AlO. The maximum Gasteiger partial charge on any atom is 0.237 e. The smallest absolute Gasteiger partial charge is 0.237 e. The fraction of sp³-hybridized carbons (Fsp3) is 0.571. The quantitative estimate of drug-likeness (QED) is 0.784. The Morgan fingerprint density at radius 1 is 0.938 bits per heavy atom. The molecule has 1 aromatic carbocycles. The third kappa shape index (κ3) is 11.6. The van der Waals surface area contributed by atoms with Crippen molar-refractivity contribution in [3.8, 4) is 5.75 Å². The van der Waals surface area contributed by atoms with Crippen LogP contribution in [0.4, 0.5) is 0 Å². The Labute approximate surface area is 107 Å². The van der Waals surface area contributed by atoms with Crippen LogP contribution in [0.1, 0.15) is 27.7 Å². The molecule has 90 valence electrons. The standard InChI is InChI=1S/C6H6O.2C4H9.Al.H/c7-6-4-2-1-3-5-6;2*1-4(2)3;;/h1-5,7H;2*4H,1H2,2-3H3;;. The Morgan fingerprint density at radius 2 is 1.38 bits per heavy atom. The molecule has 0 heterocycles. The summed E-state index contributed by atoms with van der Waals surface area (Å²) < 4.78 is 0. The maximum absolute atomic E-state index is 8.63. The van der Waals surface area contributed by atoms with Crippen molar-refractivity contribution in [3.63, 3.8) is 0 Å². The number of hydrogen-bond donors (Lipinski definition) is 1. The lowest BCUT2D eigenvalue weighted by molar-refractivity contribution is 0.475. The van der Waals surface area contributed by atoms with Crippen LogP contribution < -0.4 is 0 Å². The van der Waals surface area contributed by atoms with E-state index in [0.717, 1.165) is 11.8 Å². The molecule has 1 rings (SSSR count). The van der Waals surface area contributed by atoms with E-state index >= 15 is 0 Å². The van der Waals surface area contributed by atoms with Crippen LogP contribution in [0.25, 0.3) is 0 Å². The first-order valence-corrected chi connectivity index (χ1v) is 8.26. The highest BCUT2D eigenvalue weighted by molar-refractivity contribution is 6.35. The third-order valence-corrected chi connectivity index (χ3v) is 5.45. The minimum atomic E-state index is 0.316. The first-order chi connectivity index (χ1) is 7.52. The van der Waals surface area contributed by atoms with Crippen molar-refractivity contribution < 1.29 is 5.11 Å². The number of aromatic hydroxyl groups is 1. The van der Waals surface area contributed by atoms with E-state index in [1.165, 1.54) is 10.6 Å². The summed E-state index contributed by atoms with van der Waals surface area (Å²) in [4.78, 5) is 0. The Bertz CT molecular complexity index is 236. The lowest BCUT2D eigenvalue weighted by atomic mass is 10.3. The first kappa shape index (κ1) is 15.6. The zero-order valence-electron chi connectivity index (χ0n) is 11.1. The lowest BCUT2D eigenvalue weighted by Crippen LogP contribution is -1.99. The summed E-state index contributed by atoms with van der Waals surface area (Å²) in [5.41, 5.74) is 0. The van der Waals surface area contributed by atoms with Crippen LogP contribution in [0.5, 0.6) is 5.75 Å². The maximum atomic E-state index is 8.63. The van der Waals surface area contributed by atoms with Crippen LogP contribution in [0.2, 0.25) is 10.6 Å². The predicted octanol–water partition coefficient (Wildman–Crippen LogP) is 3.96. The molecular weight excluding hydrogens is 211 g/mol. The second kappa shape index (κ2) is 9.76. The van der Waals surface area contributed by atoms with Gasteiger partial charge >= 0.3 is 0 Å². The Kier molecular flexibility index (Phi) is 9.48. The van der Waals surface area contributed by atoms with Crippen molar-refractivity contribution in [1.29, 1.82) is 0 Å². The normalized spacial score (nSPS) is 9.88. The van der Waals surface area contributed by atoms with Gasteiger partial charge in [0.25, 0.3) is 0 Å². The van der Waals surface area contributed by atoms with Crippen molar-refractivity contribution >= 4 is 15.2 Å².